The number of methoxy groups -OCH3 is 1. The van der Waals surface area contributed by atoms with Gasteiger partial charge in [-0.1, -0.05) is 36.4 Å². The average molecular weight is 340 g/mol. The van der Waals surface area contributed by atoms with E-state index in [0.717, 1.165) is 58.6 Å². The molecule has 3 aliphatic rings. The lowest BCUT2D eigenvalue weighted by atomic mass is 9.74. The number of hydrogen-bond donors (Lipinski definition) is 0. The lowest BCUT2D eigenvalue weighted by Gasteiger charge is -2.40. The van der Waals surface area contributed by atoms with Crippen LogP contribution in [-0.4, -0.2) is 62.1 Å². The second-order valence-electron chi connectivity index (χ2n) is 7.68. The number of rotatable bonds is 4. The van der Waals surface area contributed by atoms with E-state index < -0.39 is 0 Å². The van der Waals surface area contributed by atoms with Crippen molar-refractivity contribution in [1.29, 1.82) is 0 Å². The molecule has 2 fully saturated rings. The summed E-state index contributed by atoms with van der Waals surface area (Å²) in [4.78, 5) is 17.4. The zero-order chi connectivity index (χ0) is 17.3. The molecule has 2 heterocycles. The number of carbonyl (C=O) groups is 1. The molecule has 2 saturated heterocycles. The van der Waals surface area contributed by atoms with Crippen LogP contribution in [0.3, 0.4) is 0 Å². The fourth-order valence-electron chi connectivity index (χ4n) is 4.71. The minimum atomic E-state index is 0.160. The van der Waals surface area contributed by atoms with Crippen molar-refractivity contribution in [3.05, 3.63) is 41.5 Å². The van der Waals surface area contributed by atoms with Crippen molar-refractivity contribution in [3.8, 4) is 0 Å². The lowest BCUT2D eigenvalue weighted by Crippen LogP contribution is -2.46. The van der Waals surface area contributed by atoms with E-state index in [9.17, 15) is 4.79 Å². The number of amides is 1. The molecule has 134 valence electrons. The van der Waals surface area contributed by atoms with Gasteiger partial charge in [0.2, 0.25) is 5.91 Å². The third kappa shape index (κ3) is 3.13. The van der Waals surface area contributed by atoms with Crippen molar-refractivity contribution >= 4 is 12.0 Å². The average Bonchev–Trinajstić information content (AvgIpc) is 3.26. The smallest absolute Gasteiger partial charge is 0.227 e. The van der Waals surface area contributed by atoms with Crippen LogP contribution in [0.2, 0.25) is 0 Å². The van der Waals surface area contributed by atoms with Crippen molar-refractivity contribution in [2.75, 3.05) is 46.4 Å². The summed E-state index contributed by atoms with van der Waals surface area (Å²) in [5.74, 6) is 0.544. The number of likely N-dealkylation sites (tertiary alicyclic amines) is 2. The van der Waals surface area contributed by atoms with Gasteiger partial charge < -0.3 is 14.5 Å². The van der Waals surface area contributed by atoms with E-state index in [1.165, 1.54) is 11.1 Å². The van der Waals surface area contributed by atoms with E-state index >= 15 is 0 Å². The van der Waals surface area contributed by atoms with Gasteiger partial charge in [0.05, 0.1) is 12.5 Å². The zero-order valence-electron chi connectivity index (χ0n) is 15.1. The summed E-state index contributed by atoms with van der Waals surface area (Å²) < 4.78 is 5.15. The zero-order valence-corrected chi connectivity index (χ0v) is 15.1. The van der Waals surface area contributed by atoms with Crippen LogP contribution in [0.4, 0.5) is 0 Å². The summed E-state index contributed by atoms with van der Waals surface area (Å²) in [6, 6.07) is 8.71. The number of allylic oxidation sites excluding steroid dienone is 1. The predicted octanol–water partition coefficient (Wildman–Crippen LogP) is 2.54. The molecule has 25 heavy (non-hydrogen) atoms. The van der Waals surface area contributed by atoms with Gasteiger partial charge in [0, 0.05) is 38.7 Å². The number of nitrogens with zero attached hydrogens (tertiary/aromatic N) is 2. The monoisotopic (exact) mass is 340 g/mol. The van der Waals surface area contributed by atoms with E-state index in [1.54, 1.807) is 7.11 Å². The normalized spacial score (nSPS) is 24.8. The van der Waals surface area contributed by atoms with Gasteiger partial charge >= 0.3 is 0 Å². The first-order chi connectivity index (χ1) is 12.2. The van der Waals surface area contributed by atoms with Gasteiger partial charge in [-0.2, -0.15) is 0 Å². The Morgan fingerprint density at radius 1 is 1.24 bits per heavy atom. The Labute approximate surface area is 150 Å². The van der Waals surface area contributed by atoms with Gasteiger partial charge in [0.25, 0.3) is 0 Å². The molecule has 1 amide bonds. The molecule has 0 aromatic heterocycles. The molecule has 0 radical (unpaired) electrons. The van der Waals surface area contributed by atoms with Crippen LogP contribution < -0.4 is 0 Å². The van der Waals surface area contributed by atoms with Crippen molar-refractivity contribution in [2.45, 2.75) is 24.7 Å². The van der Waals surface area contributed by atoms with E-state index in [-0.39, 0.29) is 11.3 Å². The lowest BCUT2D eigenvalue weighted by molar-refractivity contribution is -0.136. The first-order valence-electron chi connectivity index (χ1n) is 9.51. The molecular formula is C21H28N2O2. The minimum Gasteiger partial charge on any atom is -0.383 e. The second-order valence-corrected chi connectivity index (χ2v) is 7.68. The van der Waals surface area contributed by atoms with Crippen molar-refractivity contribution in [1.82, 2.24) is 9.80 Å². The van der Waals surface area contributed by atoms with Gasteiger partial charge in [-0.15, -0.1) is 0 Å². The highest BCUT2D eigenvalue weighted by molar-refractivity contribution is 5.79. The number of piperidine rings is 1. The molecule has 4 rings (SSSR count). The number of ether oxygens (including phenoxy) is 1. The molecule has 0 bridgehead atoms. The van der Waals surface area contributed by atoms with Crippen molar-refractivity contribution in [3.63, 3.8) is 0 Å². The standard InChI is InChI=1S/C21H28N2O2/c1-25-15-14-22-11-7-18(16-22)20(24)23-12-9-21(10-13-23)8-6-17-4-2-3-5-19(17)21/h2-6,8,18H,7,9-16H2,1H3. The topological polar surface area (TPSA) is 32.8 Å². The second kappa shape index (κ2) is 6.93. The maximum atomic E-state index is 12.9. The maximum absolute atomic E-state index is 12.9. The highest BCUT2D eigenvalue weighted by atomic mass is 16.5. The predicted molar refractivity (Wildman–Crippen MR) is 99.4 cm³/mol. The molecule has 0 saturated carbocycles. The van der Waals surface area contributed by atoms with Gasteiger partial charge in [-0.3, -0.25) is 4.79 Å². The fourth-order valence-corrected chi connectivity index (χ4v) is 4.71. The van der Waals surface area contributed by atoms with Crippen LogP contribution in [0.5, 0.6) is 0 Å². The van der Waals surface area contributed by atoms with E-state index in [1.807, 2.05) is 0 Å². The molecule has 1 aromatic carbocycles. The number of hydrogen-bond acceptors (Lipinski definition) is 3. The summed E-state index contributed by atoms with van der Waals surface area (Å²) in [5.41, 5.74) is 2.97. The Balaban J connectivity index is 1.35. The van der Waals surface area contributed by atoms with Gasteiger partial charge in [0.1, 0.15) is 0 Å². The minimum absolute atomic E-state index is 0.160. The molecule has 1 aliphatic carbocycles. The Bertz CT molecular complexity index is 662. The molecule has 1 unspecified atom stereocenters. The van der Waals surface area contributed by atoms with E-state index in [4.69, 9.17) is 4.74 Å². The van der Waals surface area contributed by atoms with Crippen LogP contribution in [0, 0.1) is 5.92 Å². The Kier molecular flexibility index (Phi) is 4.65. The highest BCUT2D eigenvalue weighted by Crippen LogP contribution is 2.43. The molecule has 1 spiro atoms. The molecule has 4 nitrogen and oxygen atoms in total. The third-order valence-electron chi connectivity index (χ3n) is 6.28. The molecule has 1 atom stereocenters. The largest absolute Gasteiger partial charge is 0.383 e. The Morgan fingerprint density at radius 3 is 2.84 bits per heavy atom. The third-order valence-corrected chi connectivity index (χ3v) is 6.28. The van der Waals surface area contributed by atoms with Crippen LogP contribution in [0.1, 0.15) is 30.4 Å². The van der Waals surface area contributed by atoms with Crippen molar-refractivity contribution in [2.24, 2.45) is 5.92 Å². The van der Waals surface area contributed by atoms with Crippen LogP contribution in [-0.2, 0) is 14.9 Å². The quantitative estimate of drug-likeness (QED) is 0.844. The van der Waals surface area contributed by atoms with Crippen LogP contribution >= 0.6 is 0 Å². The molecule has 1 aromatic rings. The van der Waals surface area contributed by atoms with Crippen LogP contribution in [0.25, 0.3) is 6.08 Å². The molecule has 4 heteroatoms. The fraction of sp³-hybridized carbons (Fsp3) is 0.571. The highest BCUT2D eigenvalue weighted by Gasteiger charge is 2.40. The summed E-state index contributed by atoms with van der Waals surface area (Å²) in [6.07, 6.45) is 7.73. The van der Waals surface area contributed by atoms with E-state index in [0.29, 0.717) is 5.91 Å². The van der Waals surface area contributed by atoms with E-state index in [2.05, 4.69) is 46.2 Å². The summed E-state index contributed by atoms with van der Waals surface area (Å²) in [6.45, 7) is 5.36. The number of carbonyl (C=O) groups excluding carboxylic acids is 1. The van der Waals surface area contributed by atoms with Crippen LogP contribution in [0.15, 0.2) is 30.3 Å². The summed E-state index contributed by atoms with van der Waals surface area (Å²) in [7, 11) is 1.73. The Morgan fingerprint density at radius 2 is 2.04 bits per heavy atom. The van der Waals surface area contributed by atoms with Gasteiger partial charge in [0.15, 0.2) is 0 Å². The SMILES string of the molecule is COCCN1CCC(C(=O)N2CCC3(C=Cc4ccccc43)CC2)C1. The molecule has 2 aliphatic heterocycles. The molecule has 0 N–H and O–H groups in total. The van der Waals surface area contributed by atoms with Gasteiger partial charge in [-0.05, 0) is 36.9 Å². The van der Waals surface area contributed by atoms with Gasteiger partial charge in [-0.25, -0.2) is 0 Å². The Hall–Kier alpha value is -1.65. The van der Waals surface area contributed by atoms with Crippen molar-refractivity contribution < 1.29 is 9.53 Å². The maximum Gasteiger partial charge on any atom is 0.227 e. The summed E-state index contributed by atoms with van der Waals surface area (Å²) >= 11 is 0. The molecular weight excluding hydrogens is 312 g/mol. The first-order valence-corrected chi connectivity index (χ1v) is 9.51. The number of fused-ring (bicyclic) bond motifs is 2. The first kappa shape index (κ1) is 16.8. The number of benzene rings is 1. The summed E-state index contributed by atoms with van der Waals surface area (Å²) in [5, 5.41) is 0.